The summed E-state index contributed by atoms with van der Waals surface area (Å²) in [4.78, 5) is 27.3. The standard InChI is InChI=1S/C23H31N3O4/c1-5-26(6-2)21(18-11-9-8-10-12-18)23(28)25-24-22(27)17(4)30-20-15-13-19(14-16-20)29-7-3/h8-17,21H,5-7H2,1-4H3,(H,24,27)(H,25,28). The number of carbonyl (C=O) groups excluding carboxylic acids is 2. The Morgan fingerprint density at radius 1 is 0.867 bits per heavy atom. The monoisotopic (exact) mass is 413 g/mol. The summed E-state index contributed by atoms with van der Waals surface area (Å²) < 4.78 is 11.0. The smallest absolute Gasteiger partial charge is 0.279 e. The Morgan fingerprint density at radius 3 is 2.00 bits per heavy atom. The van der Waals surface area contributed by atoms with Gasteiger partial charge in [-0.3, -0.25) is 25.3 Å². The molecule has 2 amide bonds. The van der Waals surface area contributed by atoms with Crippen molar-refractivity contribution in [1.82, 2.24) is 15.8 Å². The second kappa shape index (κ2) is 11.8. The van der Waals surface area contributed by atoms with Crippen LogP contribution >= 0.6 is 0 Å². The normalized spacial score (nSPS) is 12.7. The van der Waals surface area contributed by atoms with Crippen LogP contribution in [0.3, 0.4) is 0 Å². The molecule has 0 aromatic heterocycles. The molecule has 0 spiro atoms. The van der Waals surface area contributed by atoms with Gasteiger partial charge >= 0.3 is 0 Å². The molecule has 0 heterocycles. The van der Waals surface area contributed by atoms with Crippen LogP contribution in [0.25, 0.3) is 0 Å². The van der Waals surface area contributed by atoms with Crippen molar-refractivity contribution in [3.8, 4) is 11.5 Å². The van der Waals surface area contributed by atoms with Crippen LogP contribution in [-0.4, -0.2) is 42.5 Å². The van der Waals surface area contributed by atoms with E-state index >= 15 is 0 Å². The fourth-order valence-electron chi connectivity index (χ4n) is 3.08. The van der Waals surface area contributed by atoms with Crippen molar-refractivity contribution < 1.29 is 19.1 Å². The van der Waals surface area contributed by atoms with Crippen molar-refractivity contribution in [1.29, 1.82) is 0 Å². The van der Waals surface area contributed by atoms with E-state index in [9.17, 15) is 9.59 Å². The Hall–Kier alpha value is -3.06. The summed E-state index contributed by atoms with van der Waals surface area (Å²) in [7, 11) is 0. The molecule has 0 aliphatic rings. The molecule has 7 heteroatoms. The topological polar surface area (TPSA) is 79.9 Å². The van der Waals surface area contributed by atoms with Gasteiger partial charge in [-0.1, -0.05) is 44.2 Å². The lowest BCUT2D eigenvalue weighted by Crippen LogP contribution is -2.51. The molecular formula is C23H31N3O4. The first-order valence-corrected chi connectivity index (χ1v) is 10.3. The number of nitrogens with zero attached hydrogens (tertiary/aromatic N) is 1. The molecule has 7 nitrogen and oxygen atoms in total. The summed E-state index contributed by atoms with van der Waals surface area (Å²) in [5.74, 6) is 0.533. The molecular weight excluding hydrogens is 382 g/mol. The second-order valence-corrected chi connectivity index (χ2v) is 6.68. The highest BCUT2D eigenvalue weighted by Crippen LogP contribution is 2.21. The minimum absolute atomic E-state index is 0.300. The molecule has 162 valence electrons. The summed E-state index contributed by atoms with van der Waals surface area (Å²) in [6.07, 6.45) is -0.785. The van der Waals surface area contributed by atoms with E-state index in [1.807, 2.05) is 56.0 Å². The first kappa shape index (κ1) is 23.2. The van der Waals surface area contributed by atoms with Crippen LogP contribution in [0.15, 0.2) is 54.6 Å². The van der Waals surface area contributed by atoms with Gasteiger partial charge in [0, 0.05) is 0 Å². The fourth-order valence-corrected chi connectivity index (χ4v) is 3.08. The first-order valence-electron chi connectivity index (χ1n) is 10.3. The number of hydrogen-bond acceptors (Lipinski definition) is 5. The Labute approximate surface area is 178 Å². The van der Waals surface area contributed by atoms with E-state index in [0.29, 0.717) is 25.4 Å². The zero-order valence-electron chi connectivity index (χ0n) is 18.1. The number of likely N-dealkylation sites (N-methyl/N-ethyl adjacent to an activating group) is 1. The van der Waals surface area contributed by atoms with Gasteiger partial charge in [0.2, 0.25) is 0 Å². The van der Waals surface area contributed by atoms with Crippen LogP contribution in [0.4, 0.5) is 0 Å². The predicted octanol–water partition coefficient (Wildman–Crippen LogP) is 3.08. The maximum atomic E-state index is 12.9. The van der Waals surface area contributed by atoms with Crippen LogP contribution in [0.5, 0.6) is 11.5 Å². The third-order valence-corrected chi connectivity index (χ3v) is 4.67. The number of nitrogens with one attached hydrogen (secondary N) is 2. The van der Waals surface area contributed by atoms with E-state index < -0.39 is 18.1 Å². The molecule has 0 fully saturated rings. The minimum Gasteiger partial charge on any atom is -0.494 e. The van der Waals surface area contributed by atoms with E-state index in [2.05, 4.69) is 10.9 Å². The second-order valence-electron chi connectivity index (χ2n) is 6.68. The molecule has 0 bridgehead atoms. The van der Waals surface area contributed by atoms with Crippen LogP contribution in [0.2, 0.25) is 0 Å². The predicted molar refractivity (Wildman–Crippen MR) is 116 cm³/mol. The molecule has 2 aromatic rings. The fraction of sp³-hybridized carbons (Fsp3) is 0.391. The van der Waals surface area contributed by atoms with E-state index in [-0.39, 0.29) is 5.91 Å². The third-order valence-electron chi connectivity index (χ3n) is 4.67. The van der Waals surface area contributed by atoms with Crippen molar-refractivity contribution in [2.24, 2.45) is 0 Å². The van der Waals surface area contributed by atoms with Crippen LogP contribution in [0.1, 0.15) is 39.3 Å². The average molecular weight is 414 g/mol. The van der Waals surface area contributed by atoms with Gasteiger partial charge in [0.1, 0.15) is 17.5 Å². The Bertz CT molecular complexity index is 792. The number of benzene rings is 2. The lowest BCUT2D eigenvalue weighted by atomic mass is 10.0. The molecule has 30 heavy (non-hydrogen) atoms. The number of hydrazine groups is 1. The van der Waals surface area contributed by atoms with Gasteiger partial charge in [-0.15, -0.1) is 0 Å². The van der Waals surface area contributed by atoms with Crippen molar-refractivity contribution in [3.05, 3.63) is 60.2 Å². The van der Waals surface area contributed by atoms with E-state index in [4.69, 9.17) is 9.47 Å². The van der Waals surface area contributed by atoms with Crippen LogP contribution < -0.4 is 20.3 Å². The number of carbonyl (C=O) groups is 2. The Morgan fingerprint density at radius 2 is 1.43 bits per heavy atom. The zero-order valence-corrected chi connectivity index (χ0v) is 18.1. The molecule has 0 radical (unpaired) electrons. The minimum atomic E-state index is -0.785. The number of ether oxygens (including phenoxy) is 2. The average Bonchev–Trinajstić information content (AvgIpc) is 2.77. The highest BCUT2D eigenvalue weighted by molar-refractivity contribution is 5.87. The Balaban J connectivity index is 1.96. The zero-order chi connectivity index (χ0) is 21.9. The van der Waals surface area contributed by atoms with Gasteiger partial charge in [-0.2, -0.15) is 0 Å². The molecule has 2 unspecified atom stereocenters. The van der Waals surface area contributed by atoms with Gasteiger partial charge in [0.05, 0.1) is 6.61 Å². The van der Waals surface area contributed by atoms with Gasteiger partial charge in [0.25, 0.3) is 11.8 Å². The lowest BCUT2D eigenvalue weighted by Gasteiger charge is -2.29. The highest BCUT2D eigenvalue weighted by Gasteiger charge is 2.26. The molecule has 0 saturated carbocycles. The van der Waals surface area contributed by atoms with Crippen LogP contribution in [0, 0.1) is 0 Å². The summed E-state index contributed by atoms with van der Waals surface area (Å²) in [6, 6.07) is 16.0. The summed E-state index contributed by atoms with van der Waals surface area (Å²) in [5, 5.41) is 0. The van der Waals surface area contributed by atoms with Crippen molar-refractivity contribution >= 4 is 11.8 Å². The molecule has 0 aliphatic heterocycles. The number of rotatable bonds is 10. The van der Waals surface area contributed by atoms with Gasteiger partial charge < -0.3 is 9.47 Å². The van der Waals surface area contributed by atoms with Gasteiger partial charge in [-0.05, 0) is 56.8 Å². The largest absolute Gasteiger partial charge is 0.494 e. The third kappa shape index (κ3) is 6.49. The Kier molecular flexibility index (Phi) is 9.15. The van der Waals surface area contributed by atoms with Gasteiger partial charge in [-0.25, -0.2) is 0 Å². The number of hydrogen-bond donors (Lipinski definition) is 2. The van der Waals surface area contributed by atoms with Crippen LogP contribution in [-0.2, 0) is 9.59 Å². The maximum absolute atomic E-state index is 12.9. The molecule has 2 atom stereocenters. The van der Waals surface area contributed by atoms with E-state index in [1.54, 1.807) is 31.2 Å². The lowest BCUT2D eigenvalue weighted by molar-refractivity contribution is -0.135. The molecule has 2 aromatic carbocycles. The van der Waals surface area contributed by atoms with Crippen molar-refractivity contribution in [2.75, 3.05) is 19.7 Å². The quantitative estimate of drug-likeness (QED) is 0.585. The summed E-state index contributed by atoms with van der Waals surface area (Å²) in [6.45, 7) is 9.51. The molecule has 0 saturated heterocycles. The molecule has 0 aliphatic carbocycles. The highest BCUT2D eigenvalue weighted by atomic mass is 16.5. The summed E-state index contributed by atoms with van der Waals surface area (Å²) in [5.41, 5.74) is 5.88. The van der Waals surface area contributed by atoms with Gasteiger partial charge in [0.15, 0.2) is 6.10 Å². The van der Waals surface area contributed by atoms with Crippen molar-refractivity contribution in [2.45, 2.75) is 39.8 Å². The van der Waals surface area contributed by atoms with E-state index in [0.717, 1.165) is 11.3 Å². The van der Waals surface area contributed by atoms with E-state index in [1.165, 1.54) is 0 Å². The molecule has 2 N–H and O–H groups in total. The van der Waals surface area contributed by atoms with Crippen molar-refractivity contribution in [3.63, 3.8) is 0 Å². The number of amides is 2. The SMILES string of the molecule is CCOc1ccc(OC(C)C(=O)NNC(=O)C(c2ccccc2)N(CC)CC)cc1. The first-order chi connectivity index (χ1) is 14.5. The summed E-state index contributed by atoms with van der Waals surface area (Å²) >= 11 is 0. The molecule has 2 rings (SSSR count). The maximum Gasteiger partial charge on any atom is 0.279 e.